The van der Waals surface area contributed by atoms with Crippen LogP contribution in [0.1, 0.15) is 54.9 Å². The van der Waals surface area contributed by atoms with Gasteiger partial charge in [0.25, 0.3) is 0 Å². The van der Waals surface area contributed by atoms with Crippen LogP contribution in [0.4, 0.5) is 0 Å². The van der Waals surface area contributed by atoms with Crippen molar-refractivity contribution in [1.82, 2.24) is 30.1 Å². The molecular formula is C15H22N6O. The molecule has 0 spiro atoms. The molecule has 1 aliphatic heterocycles. The summed E-state index contributed by atoms with van der Waals surface area (Å²) in [4.78, 5) is 11.7. The molecule has 3 heterocycles. The molecule has 7 heteroatoms. The fourth-order valence-electron chi connectivity index (χ4n) is 3.21. The van der Waals surface area contributed by atoms with Crippen LogP contribution in [0, 0.1) is 13.8 Å². The molecule has 2 aromatic rings. The lowest BCUT2D eigenvalue weighted by Gasteiger charge is -2.23. The molecule has 2 aromatic heterocycles. The van der Waals surface area contributed by atoms with Crippen LogP contribution in [0.5, 0.6) is 0 Å². The van der Waals surface area contributed by atoms with Gasteiger partial charge in [0.15, 0.2) is 0 Å². The van der Waals surface area contributed by atoms with E-state index in [0.29, 0.717) is 13.0 Å². The number of amides is 1. The fraction of sp³-hybridized carbons (Fsp3) is 0.600. The van der Waals surface area contributed by atoms with Crippen LogP contribution in [0.3, 0.4) is 0 Å². The van der Waals surface area contributed by atoms with Gasteiger partial charge in [-0.3, -0.25) is 9.48 Å². The molecular weight excluding hydrogens is 280 g/mol. The Balaban J connectivity index is 1.88. The van der Waals surface area contributed by atoms with Crippen molar-refractivity contribution >= 4 is 5.91 Å². The third kappa shape index (κ3) is 2.63. The van der Waals surface area contributed by atoms with E-state index in [-0.39, 0.29) is 11.9 Å². The zero-order chi connectivity index (χ0) is 15.7. The van der Waals surface area contributed by atoms with Crippen molar-refractivity contribution in [2.45, 2.75) is 59.2 Å². The molecule has 3 rings (SSSR count). The van der Waals surface area contributed by atoms with Gasteiger partial charge in [-0.15, -0.1) is 5.10 Å². The minimum absolute atomic E-state index is 0.0872. The van der Waals surface area contributed by atoms with E-state index in [4.69, 9.17) is 0 Å². The van der Waals surface area contributed by atoms with Crippen LogP contribution in [0.2, 0.25) is 0 Å². The quantitative estimate of drug-likeness (QED) is 0.928. The van der Waals surface area contributed by atoms with Crippen molar-refractivity contribution in [3.8, 4) is 0 Å². The second-order valence-electron chi connectivity index (χ2n) is 5.80. The van der Waals surface area contributed by atoms with Crippen molar-refractivity contribution in [1.29, 1.82) is 0 Å². The molecule has 22 heavy (non-hydrogen) atoms. The van der Waals surface area contributed by atoms with E-state index < -0.39 is 0 Å². The van der Waals surface area contributed by atoms with Gasteiger partial charge in [-0.05, 0) is 33.6 Å². The van der Waals surface area contributed by atoms with Gasteiger partial charge in [-0.2, -0.15) is 5.10 Å². The predicted molar refractivity (Wildman–Crippen MR) is 81.2 cm³/mol. The molecule has 1 N–H and O–H groups in total. The molecule has 1 saturated heterocycles. The van der Waals surface area contributed by atoms with Crippen molar-refractivity contribution in [2.24, 2.45) is 0 Å². The summed E-state index contributed by atoms with van der Waals surface area (Å²) >= 11 is 0. The number of carbonyl (C=O) groups is 1. The molecule has 0 aliphatic carbocycles. The van der Waals surface area contributed by atoms with Crippen molar-refractivity contribution < 1.29 is 4.79 Å². The number of hydrogen-bond donors (Lipinski definition) is 1. The Morgan fingerprint density at radius 2 is 2.18 bits per heavy atom. The zero-order valence-corrected chi connectivity index (χ0v) is 13.3. The van der Waals surface area contributed by atoms with Crippen LogP contribution in [-0.4, -0.2) is 30.7 Å². The largest absolute Gasteiger partial charge is 0.349 e. The maximum atomic E-state index is 11.7. The molecule has 7 nitrogen and oxygen atoms in total. The van der Waals surface area contributed by atoms with Crippen LogP contribution < -0.4 is 5.32 Å². The Kier molecular flexibility index (Phi) is 3.96. The predicted octanol–water partition coefficient (Wildman–Crippen LogP) is 1.50. The van der Waals surface area contributed by atoms with Gasteiger partial charge in [0.2, 0.25) is 5.91 Å². The van der Waals surface area contributed by atoms with E-state index in [1.807, 2.05) is 23.2 Å². The molecule has 0 aromatic carbocycles. The molecule has 1 atom stereocenters. The Morgan fingerprint density at radius 3 is 2.91 bits per heavy atom. The molecule has 1 unspecified atom stereocenters. The fourth-order valence-corrected chi connectivity index (χ4v) is 3.21. The van der Waals surface area contributed by atoms with Crippen molar-refractivity contribution in [2.75, 3.05) is 0 Å². The summed E-state index contributed by atoms with van der Waals surface area (Å²) in [6.45, 7) is 7.56. The van der Waals surface area contributed by atoms with Crippen molar-refractivity contribution in [3.05, 3.63) is 28.8 Å². The number of aryl methyl sites for hydroxylation is 2. The monoisotopic (exact) mass is 302 g/mol. The van der Waals surface area contributed by atoms with E-state index in [2.05, 4.69) is 27.7 Å². The lowest BCUT2D eigenvalue weighted by molar-refractivity contribution is -0.123. The number of piperidine rings is 1. The highest BCUT2D eigenvalue weighted by molar-refractivity contribution is 5.77. The number of aromatic nitrogens is 5. The summed E-state index contributed by atoms with van der Waals surface area (Å²) in [6.07, 6.45) is 4.33. The van der Waals surface area contributed by atoms with E-state index >= 15 is 0 Å². The SMILES string of the molecule is CCn1nncc1Cn1nc(C)c(C2CCCC(=O)N2)c1C. The Labute approximate surface area is 129 Å². The smallest absolute Gasteiger partial charge is 0.220 e. The number of nitrogens with one attached hydrogen (secondary N) is 1. The highest BCUT2D eigenvalue weighted by Crippen LogP contribution is 2.28. The Bertz CT molecular complexity index is 686. The molecule has 1 fully saturated rings. The molecule has 0 saturated carbocycles. The summed E-state index contributed by atoms with van der Waals surface area (Å²) < 4.78 is 3.86. The van der Waals surface area contributed by atoms with Crippen LogP contribution in [0.15, 0.2) is 6.20 Å². The van der Waals surface area contributed by atoms with Gasteiger partial charge in [-0.25, -0.2) is 4.68 Å². The van der Waals surface area contributed by atoms with Gasteiger partial charge in [0, 0.05) is 24.2 Å². The number of hydrogen-bond acceptors (Lipinski definition) is 4. The van der Waals surface area contributed by atoms with Crippen LogP contribution in [-0.2, 0) is 17.9 Å². The molecule has 1 aliphatic rings. The first-order valence-electron chi connectivity index (χ1n) is 7.80. The van der Waals surface area contributed by atoms with E-state index in [0.717, 1.165) is 42.0 Å². The maximum absolute atomic E-state index is 11.7. The summed E-state index contributed by atoms with van der Waals surface area (Å²) in [6, 6.07) is 0.0872. The highest BCUT2D eigenvalue weighted by atomic mass is 16.1. The van der Waals surface area contributed by atoms with Gasteiger partial charge in [-0.1, -0.05) is 5.21 Å². The molecule has 118 valence electrons. The van der Waals surface area contributed by atoms with Gasteiger partial charge in [0.05, 0.1) is 30.2 Å². The lowest BCUT2D eigenvalue weighted by atomic mass is 9.96. The first-order chi connectivity index (χ1) is 10.6. The normalized spacial score (nSPS) is 18.5. The second kappa shape index (κ2) is 5.90. The highest BCUT2D eigenvalue weighted by Gasteiger charge is 2.25. The average Bonchev–Trinajstić information content (AvgIpc) is 3.04. The topological polar surface area (TPSA) is 77.6 Å². The summed E-state index contributed by atoms with van der Waals surface area (Å²) in [5, 5.41) is 15.8. The van der Waals surface area contributed by atoms with Gasteiger partial charge < -0.3 is 5.32 Å². The third-order valence-corrected chi connectivity index (χ3v) is 4.33. The Hall–Kier alpha value is -2.18. The van der Waals surface area contributed by atoms with Crippen molar-refractivity contribution in [3.63, 3.8) is 0 Å². The molecule has 0 radical (unpaired) electrons. The van der Waals surface area contributed by atoms with Gasteiger partial charge >= 0.3 is 0 Å². The van der Waals surface area contributed by atoms with Crippen LogP contribution in [0.25, 0.3) is 0 Å². The minimum atomic E-state index is 0.0872. The Morgan fingerprint density at radius 1 is 1.36 bits per heavy atom. The second-order valence-corrected chi connectivity index (χ2v) is 5.80. The molecule has 1 amide bonds. The summed E-state index contributed by atoms with van der Waals surface area (Å²) in [7, 11) is 0. The average molecular weight is 302 g/mol. The molecule has 0 bridgehead atoms. The van der Waals surface area contributed by atoms with E-state index in [1.165, 1.54) is 0 Å². The zero-order valence-electron chi connectivity index (χ0n) is 13.3. The number of rotatable bonds is 4. The third-order valence-electron chi connectivity index (χ3n) is 4.33. The standard InChI is InChI=1S/C15H22N6O/c1-4-20-12(8-16-19-20)9-21-11(3)15(10(2)18-21)13-6-5-7-14(22)17-13/h8,13H,4-7,9H2,1-3H3,(H,17,22). The maximum Gasteiger partial charge on any atom is 0.220 e. The summed E-state index contributed by atoms with van der Waals surface area (Å²) in [5.41, 5.74) is 4.28. The summed E-state index contributed by atoms with van der Waals surface area (Å²) in [5.74, 6) is 0.135. The van der Waals surface area contributed by atoms with E-state index in [9.17, 15) is 4.79 Å². The van der Waals surface area contributed by atoms with Crippen LogP contribution >= 0.6 is 0 Å². The number of carbonyl (C=O) groups excluding carboxylic acids is 1. The van der Waals surface area contributed by atoms with Gasteiger partial charge in [0.1, 0.15) is 0 Å². The first kappa shape index (κ1) is 14.7. The van der Waals surface area contributed by atoms with E-state index in [1.54, 1.807) is 6.20 Å². The first-order valence-corrected chi connectivity index (χ1v) is 7.80. The minimum Gasteiger partial charge on any atom is -0.349 e. The number of nitrogens with zero attached hydrogens (tertiary/aromatic N) is 5. The lowest BCUT2D eigenvalue weighted by Crippen LogP contribution is -2.33.